The largest absolute Gasteiger partial charge is 0.489 e. The molecule has 1 aliphatic carbocycles. The molecule has 1 saturated carbocycles. The van der Waals surface area contributed by atoms with Crippen LogP contribution in [0.3, 0.4) is 0 Å². The molecule has 4 nitrogen and oxygen atoms in total. The number of alkyl halides is 1. The van der Waals surface area contributed by atoms with Crippen LogP contribution in [0.4, 0.5) is 0 Å². The molecule has 0 spiro atoms. The molecule has 208 valence electrons. The third-order valence-corrected chi connectivity index (χ3v) is 7.36. The molecule has 5 rings (SSSR count). The van der Waals surface area contributed by atoms with Crippen molar-refractivity contribution in [2.75, 3.05) is 5.33 Å². The second-order valence-corrected chi connectivity index (χ2v) is 10.6. The van der Waals surface area contributed by atoms with Crippen molar-refractivity contribution in [1.82, 2.24) is 0 Å². The van der Waals surface area contributed by atoms with Crippen LogP contribution in [0.5, 0.6) is 11.5 Å². The fraction of sp³-hybridized carbons (Fsp3) is 0.286. The number of hydrogen-bond acceptors (Lipinski definition) is 4. The Morgan fingerprint density at radius 3 is 1.73 bits per heavy atom. The fourth-order valence-corrected chi connectivity index (χ4v) is 4.58. The molecule has 0 amide bonds. The van der Waals surface area contributed by atoms with Gasteiger partial charge in [0.1, 0.15) is 24.7 Å². The fourth-order valence-electron chi connectivity index (χ4n) is 4.26. The smallest absolute Gasteiger partial charge is 0.173 e. The first kappa shape index (κ1) is 29.6. The van der Waals surface area contributed by atoms with E-state index in [2.05, 4.69) is 28.1 Å². The Labute approximate surface area is 246 Å². The van der Waals surface area contributed by atoms with Crippen molar-refractivity contribution in [3.8, 4) is 11.5 Å². The lowest BCUT2D eigenvalue weighted by Gasteiger charge is -2.12. The summed E-state index contributed by atoms with van der Waals surface area (Å²) in [7, 11) is 0. The number of Topliss-reactive ketones (excluding diaryl/α,β-unsaturated/α-hetero) is 1. The summed E-state index contributed by atoms with van der Waals surface area (Å²) in [4.78, 5) is 11.4. The predicted molar refractivity (Wildman–Crippen MR) is 164 cm³/mol. The minimum atomic E-state index is -0.345. The summed E-state index contributed by atoms with van der Waals surface area (Å²) in [5.74, 6) is 2.63. The molecule has 0 bridgehead atoms. The van der Waals surface area contributed by atoms with E-state index < -0.39 is 0 Å². The zero-order chi connectivity index (χ0) is 28.0. The van der Waals surface area contributed by atoms with Gasteiger partial charge < -0.3 is 14.6 Å². The van der Waals surface area contributed by atoms with Gasteiger partial charge in [-0.2, -0.15) is 0 Å². The van der Waals surface area contributed by atoms with Crippen molar-refractivity contribution in [1.29, 1.82) is 0 Å². The number of carbonyl (C=O) groups excluding carboxylic acids is 1. The van der Waals surface area contributed by atoms with E-state index in [0.717, 1.165) is 46.9 Å². The van der Waals surface area contributed by atoms with Gasteiger partial charge in [-0.1, -0.05) is 114 Å². The predicted octanol–water partition coefficient (Wildman–Crippen LogP) is 8.72. The van der Waals surface area contributed by atoms with Crippen molar-refractivity contribution in [2.24, 2.45) is 5.92 Å². The molecule has 1 N–H and O–H groups in total. The molecular weight excluding hydrogens is 564 g/mol. The Hall–Kier alpha value is -3.41. The number of aliphatic hydroxyl groups is 1. The molecule has 1 atom stereocenters. The van der Waals surface area contributed by atoms with E-state index >= 15 is 0 Å². The summed E-state index contributed by atoms with van der Waals surface area (Å²) in [6, 6.07) is 35.2. The summed E-state index contributed by atoms with van der Waals surface area (Å²) in [5.41, 5.74) is 3.96. The molecule has 4 aromatic carbocycles. The number of hydrogen-bond donors (Lipinski definition) is 1. The Morgan fingerprint density at radius 2 is 1.25 bits per heavy atom. The highest BCUT2D eigenvalue weighted by atomic mass is 79.9. The Balaban J connectivity index is 0.000000189. The second kappa shape index (κ2) is 16.0. The summed E-state index contributed by atoms with van der Waals surface area (Å²) >= 11 is 3.15. The number of rotatable bonds is 13. The molecule has 0 heterocycles. The van der Waals surface area contributed by atoms with E-state index in [1.165, 1.54) is 19.3 Å². The molecule has 0 radical (unpaired) electrons. The lowest BCUT2D eigenvalue weighted by atomic mass is 10.0. The average molecular weight is 602 g/mol. The van der Waals surface area contributed by atoms with Crippen LogP contribution in [0.2, 0.25) is 0 Å². The van der Waals surface area contributed by atoms with Crippen LogP contribution in [0.1, 0.15) is 65.3 Å². The monoisotopic (exact) mass is 600 g/mol. The summed E-state index contributed by atoms with van der Waals surface area (Å²) < 4.78 is 11.4. The van der Waals surface area contributed by atoms with E-state index in [-0.39, 0.29) is 11.9 Å². The summed E-state index contributed by atoms with van der Waals surface area (Å²) in [5, 5.41) is 10.6. The van der Waals surface area contributed by atoms with Gasteiger partial charge in [-0.25, -0.2) is 0 Å². The molecule has 0 saturated heterocycles. The normalized spacial score (nSPS) is 13.1. The molecule has 40 heavy (non-hydrogen) atoms. The number of ketones is 1. The van der Waals surface area contributed by atoms with E-state index in [0.29, 0.717) is 24.1 Å². The van der Waals surface area contributed by atoms with Crippen molar-refractivity contribution < 1.29 is 19.4 Å². The standard InChI is InChI=1S/C20H24O2.C15H13BrO2/c21-20(8-4-7-16-9-10-16)18-11-13-19(14-12-18)22-15-17-5-2-1-3-6-17;16-10-15(17)13-6-8-14(9-7-13)18-11-12-4-2-1-3-5-12/h1-3,5-6,11-14,16,20-21H,4,7-10,15H2;1-9H,10-11H2. The molecule has 1 aliphatic rings. The van der Waals surface area contributed by atoms with Crippen molar-refractivity contribution in [2.45, 2.75) is 51.4 Å². The van der Waals surface area contributed by atoms with Crippen LogP contribution in [0.15, 0.2) is 109 Å². The van der Waals surface area contributed by atoms with Gasteiger partial charge in [-0.15, -0.1) is 0 Å². The SMILES string of the molecule is O=C(CBr)c1ccc(OCc2ccccc2)cc1.OC(CCCC1CC1)c1ccc(OCc2ccccc2)cc1. The number of ether oxygens (including phenoxy) is 2. The number of benzene rings is 4. The highest BCUT2D eigenvalue weighted by Gasteiger charge is 2.21. The van der Waals surface area contributed by atoms with Crippen LogP contribution in [0.25, 0.3) is 0 Å². The van der Waals surface area contributed by atoms with Gasteiger partial charge in [-0.05, 0) is 65.4 Å². The minimum absolute atomic E-state index is 0.0737. The van der Waals surface area contributed by atoms with Gasteiger partial charge in [0.05, 0.1) is 11.4 Å². The van der Waals surface area contributed by atoms with E-state index in [1.54, 1.807) is 12.1 Å². The zero-order valence-electron chi connectivity index (χ0n) is 22.8. The summed E-state index contributed by atoms with van der Waals surface area (Å²) in [6.07, 6.45) is 5.70. The molecule has 1 unspecified atom stereocenters. The lowest BCUT2D eigenvalue weighted by molar-refractivity contribution is 0.102. The van der Waals surface area contributed by atoms with Crippen LogP contribution in [-0.2, 0) is 13.2 Å². The van der Waals surface area contributed by atoms with Gasteiger partial charge in [0.25, 0.3) is 0 Å². The Bertz CT molecular complexity index is 1270. The third-order valence-electron chi connectivity index (χ3n) is 6.85. The van der Waals surface area contributed by atoms with Crippen LogP contribution < -0.4 is 9.47 Å². The molecule has 0 aromatic heterocycles. The zero-order valence-corrected chi connectivity index (χ0v) is 24.3. The van der Waals surface area contributed by atoms with E-state index in [1.807, 2.05) is 84.9 Å². The van der Waals surface area contributed by atoms with Crippen molar-refractivity contribution in [3.63, 3.8) is 0 Å². The Kier molecular flexibility index (Phi) is 11.8. The quantitative estimate of drug-likeness (QED) is 0.123. The molecule has 0 aliphatic heterocycles. The van der Waals surface area contributed by atoms with Gasteiger partial charge in [-0.3, -0.25) is 4.79 Å². The maximum Gasteiger partial charge on any atom is 0.173 e. The molecule has 1 fully saturated rings. The first-order valence-electron chi connectivity index (χ1n) is 13.9. The van der Waals surface area contributed by atoms with Crippen molar-refractivity contribution >= 4 is 21.7 Å². The molecular formula is C35H37BrO4. The molecule has 5 heteroatoms. The topological polar surface area (TPSA) is 55.8 Å². The summed E-state index contributed by atoms with van der Waals surface area (Å²) in [6.45, 7) is 1.11. The highest BCUT2D eigenvalue weighted by molar-refractivity contribution is 9.09. The maximum absolute atomic E-state index is 11.4. The highest BCUT2D eigenvalue weighted by Crippen LogP contribution is 2.35. The lowest BCUT2D eigenvalue weighted by Crippen LogP contribution is -2.00. The van der Waals surface area contributed by atoms with Gasteiger partial charge in [0, 0.05) is 5.56 Å². The minimum Gasteiger partial charge on any atom is -0.489 e. The van der Waals surface area contributed by atoms with E-state index in [4.69, 9.17) is 9.47 Å². The third kappa shape index (κ3) is 10.3. The first-order valence-corrected chi connectivity index (χ1v) is 15.0. The number of carbonyl (C=O) groups is 1. The maximum atomic E-state index is 11.4. The van der Waals surface area contributed by atoms with Gasteiger partial charge in [0.15, 0.2) is 5.78 Å². The van der Waals surface area contributed by atoms with Crippen LogP contribution >= 0.6 is 15.9 Å². The van der Waals surface area contributed by atoms with Crippen LogP contribution in [0, 0.1) is 5.92 Å². The number of aliphatic hydroxyl groups excluding tert-OH is 1. The van der Waals surface area contributed by atoms with Crippen molar-refractivity contribution in [3.05, 3.63) is 131 Å². The Morgan fingerprint density at radius 1 is 0.750 bits per heavy atom. The second-order valence-electron chi connectivity index (χ2n) is 10.1. The first-order chi connectivity index (χ1) is 19.6. The average Bonchev–Trinajstić information content (AvgIpc) is 3.85. The van der Waals surface area contributed by atoms with Gasteiger partial charge >= 0.3 is 0 Å². The van der Waals surface area contributed by atoms with Gasteiger partial charge in [0.2, 0.25) is 0 Å². The van der Waals surface area contributed by atoms with E-state index in [9.17, 15) is 9.90 Å². The number of halogens is 1. The van der Waals surface area contributed by atoms with Crippen LogP contribution in [-0.4, -0.2) is 16.2 Å². The molecule has 4 aromatic rings.